The fraction of sp³-hybridized carbons (Fsp3) is 0.200. The zero-order valence-corrected chi connectivity index (χ0v) is 17.4. The second-order valence-electron chi connectivity index (χ2n) is 7.24. The molecule has 29 heavy (non-hydrogen) atoms. The van der Waals surface area contributed by atoms with Crippen LogP contribution < -0.4 is 11.1 Å². The van der Waals surface area contributed by atoms with Crippen LogP contribution in [0.5, 0.6) is 0 Å². The summed E-state index contributed by atoms with van der Waals surface area (Å²) in [4.78, 5) is 13.6. The van der Waals surface area contributed by atoms with Gasteiger partial charge >= 0.3 is 0 Å². The molecule has 3 aromatic rings. The quantitative estimate of drug-likeness (QED) is 0.420. The lowest BCUT2D eigenvalue weighted by atomic mass is 9.77. The summed E-state index contributed by atoms with van der Waals surface area (Å²) >= 11 is 5.06. The monoisotopic (exact) mass is 402 g/mol. The van der Waals surface area contributed by atoms with E-state index in [0.29, 0.717) is 17.8 Å². The first-order valence-corrected chi connectivity index (χ1v) is 10.2. The van der Waals surface area contributed by atoms with Crippen molar-refractivity contribution in [3.05, 3.63) is 108 Å². The minimum absolute atomic E-state index is 0.0234. The first kappa shape index (κ1) is 20.7. The van der Waals surface area contributed by atoms with Crippen molar-refractivity contribution >= 4 is 23.1 Å². The van der Waals surface area contributed by atoms with Crippen LogP contribution in [0.2, 0.25) is 0 Å². The van der Waals surface area contributed by atoms with Crippen molar-refractivity contribution in [2.75, 3.05) is 0 Å². The van der Waals surface area contributed by atoms with E-state index in [-0.39, 0.29) is 11.8 Å². The van der Waals surface area contributed by atoms with E-state index in [2.05, 4.69) is 41.7 Å². The largest absolute Gasteiger partial charge is 0.393 e. The summed E-state index contributed by atoms with van der Waals surface area (Å²) < 4.78 is 0. The van der Waals surface area contributed by atoms with Gasteiger partial charge in [0.05, 0.1) is 4.99 Å². The molecular formula is C25H26N2OS. The maximum Gasteiger partial charge on any atom is 0.221 e. The molecule has 3 nitrogen and oxygen atoms in total. The summed E-state index contributed by atoms with van der Waals surface area (Å²) in [5, 5.41) is 3.35. The van der Waals surface area contributed by atoms with E-state index in [1.165, 1.54) is 0 Å². The summed E-state index contributed by atoms with van der Waals surface area (Å²) in [7, 11) is 0. The normalized spacial score (nSPS) is 12.2. The number of carbonyl (C=O) groups is 1. The third kappa shape index (κ3) is 4.72. The molecule has 148 valence electrons. The van der Waals surface area contributed by atoms with E-state index < -0.39 is 5.54 Å². The Kier molecular flexibility index (Phi) is 6.78. The molecule has 0 saturated carbocycles. The van der Waals surface area contributed by atoms with Gasteiger partial charge in [0.25, 0.3) is 0 Å². The summed E-state index contributed by atoms with van der Waals surface area (Å²) in [6, 6.07) is 30.2. The van der Waals surface area contributed by atoms with E-state index in [9.17, 15) is 4.79 Å². The van der Waals surface area contributed by atoms with Gasteiger partial charge in [-0.05, 0) is 23.1 Å². The van der Waals surface area contributed by atoms with Gasteiger partial charge in [-0.3, -0.25) is 4.79 Å². The highest BCUT2D eigenvalue weighted by molar-refractivity contribution is 7.80. The van der Waals surface area contributed by atoms with Crippen molar-refractivity contribution in [3.8, 4) is 0 Å². The van der Waals surface area contributed by atoms with Crippen LogP contribution in [0.15, 0.2) is 91.0 Å². The molecule has 3 N–H and O–H groups in total. The average molecular weight is 403 g/mol. The van der Waals surface area contributed by atoms with E-state index >= 15 is 0 Å². The Bertz CT molecular complexity index is 846. The second-order valence-corrected chi connectivity index (χ2v) is 7.71. The lowest BCUT2D eigenvalue weighted by molar-refractivity contribution is -0.122. The van der Waals surface area contributed by atoms with Crippen molar-refractivity contribution in [2.24, 2.45) is 11.7 Å². The fourth-order valence-corrected chi connectivity index (χ4v) is 3.66. The zero-order valence-electron chi connectivity index (χ0n) is 16.5. The van der Waals surface area contributed by atoms with Crippen LogP contribution in [0.3, 0.4) is 0 Å². The van der Waals surface area contributed by atoms with Crippen molar-refractivity contribution in [3.63, 3.8) is 0 Å². The minimum Gasteiger partial charge on any atom is -0.393 e. The molecule has 1 amide bonds. The third-order valence-electron chi connectivity index (χ3n) is 5.24. The Morgan fingerprint density at radius 2 is 1.24 bits per heavy atom. The van der Waals surface area contributed by atoms with Crippen molar-refractivity contribution in [2.45, 2.75) is 25.3 Å². The van der Waals surface area contributed by atoms with Crippen LogP contribution in [0.25, 0.3) is 0 Å². The number of nitrogens with one attached hydrogen (secondary N) is 1. The average Bonchev–Trinajstić information content (AvgIpc) is 2.77. The van der Waals surface area contributed by atoms with Crippen LogP contribution in [0.1, 0.15) is 36.5 Å². The molecule has 0 aromatic heterocycles. The molecular weight excluding hydrogens is 376 g/mol. The Hall–Kier alpha value is -2.98. The predicted molar refractivity (Wildman–Crippen MR) is 123 cm³/mol. The van der Waals surface area contributed by atoms with Gasteiger partial charge in [-0.2, -0.15) is 0 Å². The highest BCUT2D eigenvalue weighted by Gasteiger charge is 2.37. The Labute approximate surface area is 178 Å². The molecule has 0 aliphatic heterocycles. The van der Waals surface area contributed by atoms with Gasteiger partial charge < -0.3 is 11.1 Å². The molecule has 0 saturated heterocycles. The topological polar surface area (TPSA) is 55.1 Å². The van der Waals surface area contributed by atoms with Gasteiger partial charge in [0.2, 0.25) is 5.91 Å². The first-order chi connectivity index (χ1) is 14.0. The molecule has 0 bridgehead atoms. The molecule has 3 aromatic carbocycles. The highest BCUT2D eigenvalue weighted by Crippen LogP contribution is 2.36. The molecule has 0 aliphatic carbocycles. The number of hydrogen-bond donors (Lipinski definition) is 2. The van der Waals surface area contributed by atoms with Gasteiger partial charge in [-0.1, -0.05) is 110 Å². The maximum absolute atomic E-state index is 13.1. The number of carbonyl (C=O) groups excluding carboxylic acids is 1. The molecule has 0 aliphatic rings. The van der Waals surface area contributed by atoms with Crippen LogP contribution in [0.4, 0.5) is 0 Å². The van der Waals surface area contributed by atoms with Gasteiger partial charge in [0.1, 0.15) is 5.54 Å². The fourth-order valence-electron chi connectivity index (χ4n) is 3.54. The number of hydrogen-bond acceptors (Lipinski definition) is 2. The lowest BCUT2D eigenvalue weighted by Gasteiger charge is -2.37. The van der Waals surface area contributed by atoms with Gasteiger partial charge in [-0.25, -0.2) is 0 Å². The van der Waals surface area contributed by atoms with E-state index in [1.54, 1.807) is 0 Å². The molecule has 0 radical (unpaired) electrons. The smallest absolute Gasteiger partial charge is 0.221 e. The Balaban J connectivity index is 2.08. The van der Waals surface area contributed by atoms with Crippen molar-refractivity contribution < 1.29 is 4.79 Å². The van der Waals surface area contributed by atoms with Crippen LogP contribution in [-0.2, 0) is 10.3 Å². The maximum atomic E-state index is 13.1. The zero-order chi connectivity index (χ0) is 20.7. The molecule has 0 spiro atoms. The summed E-state index contributed by atoms with van der Waals surface area (Å²) in [6.45, 7) is 1.95. The molecule has 0 heterocycles. The number of nitrogens with two attached hydrogens (primary N) is 1. The van der Waals surface area contributed by atoms with E-state index in [1.807, 2.05) is 61.5 Å². The molecule has 0 unspecified atom stereocenters. The van der Waals surface area contributed by atoms with Crippen LogP contribution >= 0.6 is 12.2 Å². The predicted octanol–water partition coefficient (Wildman–Crippen LogP) is 4.80. The van der Waals surface area contributed by atoms with Crippen LogP contribution in [-0.4, -0.2) is 10.9 Å². The SMILES string of the molecule is C[C@@H](CCC(=O)NC(c1ccccc1)(c1ccccc1)c1ccccc1)C(N)=S. The summed E-state index contributed by atoms with van der Waals surface area (Å²) in [6.07, 6.45) is 0.975. The van der Waals surface area contributed by atoms with Gasteiger partial charge in [0, 0.05) is 12.3 Å². The Morgan fingerprint density at radius 3 is 1.59 bits per heavy atom. The molecule has 1 atom stereocenters. The number of thiocarbonyl (C=S) groups is 1. The second kappa shape index (κ2) is 9.48. The molecule has 3 rings (SSSR count). The van der Waals surface area contributed by atoms with E-state index in [0.717, 1.165) is 16.7 Å². The van der Waals surface area contributed by atoms with Gasteiger partial charge in [-0.15, -0.1) is 0 Å². The Morgan fingerprint density at radius 1 is 0.862 bits per heavy atom. The summed E-state index contributed by atoms with van der Waals surface area (Å²) in [5.41, 5.74) is 7.96. The molecule has 0 fully saturated rings. The van der Waals surface area contributed by atoms with Gasteiger partial charge in [0.15, 0.2) is 0 Å². The third-order valence-corrected chi connectivity index (χ3v) is 5.64. The number of benzene rings is 3. The van der Waals surface area contributed by atoms with Crippen LogP contribution in [0, 0.1) is 5.92 Å². The number of amides is 1. The van der Waals surface area contributed by atoms with E-state index in [4.69, 9.17) is 18.0 Å². The molecule has 4 heteroatoms. The van der Waals surface area contributed by atoms with Crippen molar-refractivity contribution in [1.82, 2.24) is 5.32 Å². The van der Waals surface area contributed by atoms with Crippen molar-refractivity contribution in [1.29, 1.82) is 0 Å². The standard InChI is InChI=1S/C25H26N2OS/c1-19(24(26)29)17-18-23(28)27-25(20-11-5-2-6-12-20,21-13-7-3-8-14-21)22-15-9-4-10-16-22/h2-16,19H,17-18H2,1H3,(H2,26,29)(H,27,28)/t19-/m0/s1. The lowest BCUT2D eigenvalue weighted by Crippen LogP contribution is -2.47. The highest BCUT2D eigenvalue weighted by atomic mass is 32.1. The minimum atomic E-state index is -0.784. The summed E-state index contributed by atoms with van der Waals surface area (Å²) in [5.74, 6) is -0.0139. The first-order valence-electron chi connectivity index (χ1n) is 9.81. The number of rotatable bonds is 8.